The summed E-state index contributed by atoms with van der Waals surface area (Å²) >= 11 is 0. The van der Waals surface area contributed by atoms with E-state index in [1.54, 1.807) is 18.2 Å². The molecule has 0 aliphatic heterocycles. The molecule has 0 atom stereocenters. The van der Waals surface area contributed by atoms with Crippen molar-refractivity contribution >= 4 is 0 Å². The highest BCUT2D eigenvalue weighted by molar-refractivity contribution is 5.63. The van der Waals surface area contributed by atoms with Crippen LogP contribution in [0, 0.1) is 17.6 Å². The maximum atomic E-state index is 14.5. The summed E-state index contributed by atoms with van der Waals surface area (Å²) in [7, 11) is 0. The lowest BCUT2D eigenvalue weighted by molar-refractivity contribution is 0.314. The second kappa shape index (κ2) is 6.60. The standard InChI is InChI=1S/C20H22F2/c1-2-14-3-5-16(6-4-14)19-12-9-17(13-20(19)22)15-7-10-18(21)11-8-15/h7-14,16H,2-6H2,1H3. The molecule has 1 aliphatic rings. The van der Waals surface area contributed by atoms with E-state index in [-0.39, 0.29) is 11.6 Å². The Hall–Kier alpha value is -1.70. The van der Waals surface area contributed by atoms with Gasteiger partial charge in [-0.1, -0.05) is 37.6 Å². The van der Waals surface area contributed by atoms with E-state index in [1.807, 2.05) is 12.1 Å². The van der Waals surface area contributed by atoms with E-state index < -0.39 is 0 Å². The Bertz CT molecular complexity index is 623. The summed E-state index contributed by atoms with van der Waals surface area (Å²) in [4.78, 5) is 0. The number of rotatable bonds is 3. The fourth-order valence-corrected chi connectivity index (χ4v) is 3.56. The zero-order valence-electron chi connectivity index (χ0n) is 13.0. The van der Waals surface area contributed by atoms with Crippen molar-refractivity contribution in [3.63, 3.8) is 0 Å². The van der Waals surface area contributed by atoms with Crippen molar-refractivity contribution in [3.05, 3.63) is 59.7 Å². The lowest BCUT2D eigenvalue weighted by Gasteiger charge is -2.28. The number of hydrogen-bond donors (Lipinski definition) is 0. The Morgan fingerprint density at radius 2 is 1.50 bits per heavy atom. The van der Waals surface area contributed by atoms with Crippen LogP contribution < -0.4 is 0 Å². The van der Waals surface area contributed by atoms with Crippen LogP contribution in [0.15, 0.2) is 42.5 Å². The summed E-state index contributed by atoms with van der Waals surface area (Å²) in [5.41, 5.74) is 2.51. The average Bonchev–Trinajstić information content (AvgIpc) is 2.56. The van der Waals surface area contributed by atoms with E-state index in [2.05, 4.69) is 6.92 Å². The molecule has 0 unspecified atom stereocenters. The molecule has 0 saturated heterocycles. The van der Waals surface area contributed by atoms with Gasteiger partial charge in [-0.25, -0.2) is 8.78 Å². The summed E-state index contributed by atoms with van der Waals surface area (Å²) in [5.74, 6) is 0.776. The third-order valence-corrected chi connectivity index (χ3v) is 5.04. The molecule has 0 spiro atoms. The van der Waals surface area contributed by atoms with Gasteiger partial charge in [0.1, 0.15) is 11.6 Å². The van der Waals surface area contributed by atoms with E-state index in [9.17, 15) is 8.78 Å². The van der Waals surface area contributed by atoms with E-state index in [0.29, 0.717) is 5.92 Å². The Labute approximate surface area is 131 Å². The molecule has 2 aromatic rings. The molecule has 1 fully saturated rings. The zero-order valence-corrected chi connectivity index (χ0v) is 13.0. The maximum Gasteiger partial charge on any atom is 0.127 e. The molecule has 0 amide bonds. The first-order valence-corrected chi connectivity index (χ1v) is 8.22. The van der Waals surface area contributed by atoms with Crippen LogP contribution >= 0.6 is 0 Å². The molecule has 2 aromatic carbocycles. The van der Waals surface area contributed by atoms with Crippen molar-refractivity contribution in [3.8, 4) is 11.1 Å². The van der Waals surface area contributed by atoms with Gasteiger partial charge in [-0.15, -0.1) is 0 Å². The third kappa shape index (κ3) is 3.21. The van der Waals surface area contributed by atoms with Crippen LogP contribution in [-0.4, -0.2) is 0 Å². The normalized spacial score (nSPS) is 21.8. The Morgan fingerprint density at radius 1 is 0.864 bits per heavy atom. The minimum absolute atomic E-state index is 0.123. The highest BCUT2D eigenvalue weighted by Gasteiger charge is 2.23. The van der Waals surface area contributed by atoms with Gasteiger partial charge >= 0.3 is 0 Å². The minimum atomic E-state index is -0.270. The van der Waals surface area contributed by atoms with Gasteiger partial charge in [0.05, 0.1) is 0 Å². The van der Waals surface area contributed by atoms with Gasteiger partial charge in [0.15, 0.2) is 0 Å². The molecule has 0 nitrogen and oxygen atoms in total. The predicted octanol–water partition coefficient (Wildman–Crippen LogP) is 6.32. The monoisotopic (exact) mass is 300 g/mol. The van der Waals surface area contributed by atoms with Crippen molar-refractivity contribution in [2.24, 2.45) is 5.92 Å². The molecule has 116 valence electrons. The van der Waals surface area contributed by atoms with Gasteiger partial charge in [-0.2, -0.15) is 0 Å². The molecule has 0 N–H and O–H groups in total. The van der Waals surface area contributed by atoms with Crippen LogP contribution in [0.4, 0.5) is 8.78 Å². The number of hydrogen-bond acceptors (Lipinski definition) is 0. The highest BCUT2D eigenvalue weighted by Crippen LogP contribution is 2.38. The summed E-state index contributed by atoms with van der Waals surface area (Å²) < 4.78 is 27.5. The summed E-state index contributed by atoms with van der Waals surface area (Å²) in [6, 6.07) is 11.7. The Morgan fingerprint density at radius 3 is 2.09 bits per heavy atom. The third-order valence-electron chi connectivity index (χ3n) is 5.04. The first-order valence-electron chi connectivity index (χ1n) is 8.22. The van der Waals surface area contributed by atoms with Crippen LogP contribution in [0.3, 0.4) is 0 Å². The Balaban J connectivity index is 1.79. The molecule has 1 saturated carbocycles. The van der Waals surface area contributed by atoms with Crippen molar-refractivity contribution in [2.45, 2.75) is 44.9 Å². The molecular formula is C20H22F2. The average molecular weight is 300 g/mol. The first-order chi connectivity index (χ1) is 10.7. The van der Waals surface area contributed by atoms with Gasteiger partial charge < -0.3 is 0 Å². The highest BCUT2D eigenvalue weighted by atomic mass is 19.1. The zero-order chi connectivity index (χ0) is 15.5. The van der Waals surface area contributed by atoms with Crippen LogP contribution in [0.5, 0.6) is 0 Å². The van der Waals surface area contributed by atoms with Crippen LogP contribution in [0.25, 0.3) is 11.1 Å². The minimum Gasteiger partial charge on any atom is -0.207 e. The van der Waals surface area contributed by atoms with E-state index in [0.717, 1.165) is 35.4 Å². The second-order valence-corrected chi connectivity index (χ2v) is 6.37. The summed E-state index contributed by atoms with van der Waals surface area (Å²) in [5, 5.41) is 0. The quantitative estimate of drug-likeness (QED) is 0.622. The van der Waals surface area contributed by atoms with Crippen molar-refractivity contribution in [1.29, 1.82) is 0 Å². The number of benzene rings is 2. The van der Waals surface area contributed by atoms with Gasteiger partial charge in [0.2, 0.25) is 0 Å². The molecule has 2 heteroatoms. The van der Waals surface area contributed by atoms with Crippen molar-refractivity contribution in [1.82, 2.24) is 0 Å². The summed E-state index contributed by atoms with van der Waals surface area (Å²) in [6.45, 7) is 2.24. The van der Waals surface area contributed by atoms with E-state index >= 15 is 0 Å². The second-order valence-electron chi connectivity index (χ2n) is 6.37. The first kappa shape index (κ1) is 15.2. The van der Waals surface area contributed by atoms with Gasteiger partial charge in [-0.3, -0.25) is 0 Å². The fraction of sp³-hybridized carbons (Fsp3) is 0.400. The van der Waals surface area contributed by atoms with Gasteiger partial charge in [-0.05, 0) is 72.4 Å². The van der Waals surface area contributed by atoms with Gasteiger partial charge in [0, 0.05) is 0 Å². The van der Waals surface area contributed by atoms with Crippen molar-refractivity contribution < 1.29 is 8.78 Å². The molecule has 1 aliphatic carbocycles. The van der Waals surface area contributed by atoms with E-state index in [1.165, 1.54) is 31.4 Å². The molecule has 0 aromatic heterocycles. The lowest BCUT2D eigenvalue weighted by Crippen LogP contribution is -2.13. The maximum absolute atomic E-state index is 14.5. The van der Waals surface area contributed by atoms with Crippen molar-refractivity contribution in [2.75, 3.05) is 0 Å². The molecule has 0 heterocycles. The Kier molecular flexibility index (Phi) is 4.56. The largest absolute Gasteiger partial charge is 0.207 e. The number of halogens is 2. The topological polar surface area (TPSA) is 0 Å². The summed E-state index contributed by atoms with van der Waals surface area (Å²) in [6.07, 6.45) is 5.83. The lowest BCUT2D eigenvalue weighted by atomic mass is 9.77. The SMILES string of the molecule is CCC1CCC(c2ccc(-c3ccc(F)cc3)cc2F)CC1. The fourth-order valence-electron chi connectivity index (χ4n) is 3.56. The molecule has 22 heavy (non-hydrogen) atoms. The van der Waals surface area contributed by atoms with Gasteiger partial charge in [0.25, 0.3) is 0 Å². The van der Waals surface area contributed by atoms with E-state index in [4.69, 9.17) is 0 Å². The predicted molar refractivity (Wildman–Crippen MR) is 86.8 cm³/mol. The molecule has 0 radical (unpaired) electrons. The molecule has 0 bridgehead atoms. The van der Waals surface area contributed by atoms with Crippen LogP contribution in [0.2, 0.25) is 0 Å². The molecular weight excluding hydrogens is 278 g/mol. The van der Waals surface area contributed by atoms with Crippen LogP contribution in [0.1, 0.15) is 50.5 Å². The smallest absolute Gasteiger partial charge is 0.127 e. The van der Waals surface area contributed by atoms with Crippen LogP contribution in [-0.2, 0) is 0 Å². The molecule has 3 rings (SSSR count).